The van der Waals surface area contributed by atoms with Crippen molar-refractivity contribution in [1.82, 2.24) is 4.90 Å². The molecule has 1 heterocycles. The molecule has 114 valence electrons. The first kappa shape index (κ1) is 16.8. The summed E-state index contributed by atoms with van der Waals surface area (Å²) in [5, 5.41) is 3.50. The molecular weight excluding hydrogens is 298 g/mol. The summed E-state index contributed by atoms with van der Waals surface area (Å²) in [4.78, 5) is 13.8. The molecule has 1 rings (SSSR count). The van der Waals surface area contributed by atoms with E-state index in [1.165, 1.54) is 4.90 Å². The van der Waals surface area contributed by atoms with Crippen LogP contribution in [0.5, 0.6) is 0 Å². The summed E-state index contributed by atoms with van der Waals surface area (Å²) >= 11 is 1.10. The molecule has 1 amide bonds. The molecule has 0 unspecified atom stereocenters. The molecule has 6 nitrogen and oxygen atoms in total. The van der Waals surface area contributed by atoms with Gasteiger partial charge in [0, 0.05) is 20.6 Å². The molecule has 0 aliphatic rings. The summed E-state index contributed by atoms with van der Waals surface area (Å²) in [5.74, 6) is -0.339. The standard InChI is InChI=1S/C12H21N3O3S2/c1-5-7-14-11-10(20(17,18)6-2)8(13)9(19-11)12(16)15(3)4/h14H,5-7,13H2,1-4H3. The molecule has 0 bridgehead atoms. The minimum absolute atomic E-state index is 0.0501. The summed E-state index contributed by atoms with van der Waals surface area (Å²) < 4.78 is 24.3. The van der Waals surface area contributed by atoms with E-state index >= 15 is 0 Å². The van der Waals surface area contributed by atoms with Gasteiger partial charge in [0.2, 0.25) is 0 Å². The molecule has 0 radical (unpaired) electrons. The van der Waals surface area contributed by atoms with Gasteiger partial charge in [-0.3, -0.25) is 4.79 Å². The average molecular weight is 319 g/mol. The van der Waals surface area contributed by atoms with Gasteiger partial charge in [-0.15, -0.1) is 11.3 Å². The highest BCUT2D eigenvalue weighted by molar-refractivity contribution is 7.91. The van der Waals surface area contributed by atoms with Gasteiger partial charge in [-0.2, -0.15) is 0 Å². The molecule has 1 aromatic rings. The van der Waals surface area contributed by atoms with E-state index in [-0.39, 0.29) is 27.1 Å². The molecule has 0 aromatic carbocycles. The van der Waals surface area contributed by atoms with Gasteiger partial charge in [-0.1, -0.05) is 13.8 Å². The number of nitrogens with two attached hydrogens (primary N) is 1. The lowest BCUT2D eigenvalue weighted by Gasteiger charge is -2.09. The van der Waals surface area contributed by atoms with E-state index in [9.17, 15) is 13.2 Å². The molecule has 0 aliphatic heterocycles. The van der Waals surface area contributed by atoms with Crippen molar-refractivity contribution in [1.29, 1.82) is 0 Å². The van der Waals surface area contributed by atoms with Crippen LogP contribution >= 0.6 is 11.3 Å². The van der Waals surface area contributed by atoms with Crippen LogP contribution in [0.1, 0.15) is 29.9 Å². The van der Waals surface area contributed by atoms with Gasteiger partial charge in [0.05, 0.1) is 11.4 Å². The van der Waals surface area contributed by atoms with E-state index in [0.29, 0.717) is 11.5 Å². The van der Waals surface area contributed by atoms with Crippen LogP contribution in [0.3, 0.4) is 0 Å². The number of carbonyl (C=O) groups is 1. The summed E-state index contributed by atoms with van der Waals surface area (Å²) in [6.07, 6.45) is 0.848. The number of sulfone groups is 1. The highest BCUT2D eigenvalue weighted by Gasteiger charge is 2.29. The lowest BCUT2D eigenvalue weighted by Crippen LogP contribution is -2.21. The maximum absolute atomic E-state index is 12.2. The van der Waals surface area contributed by atoms with E-state index in [4.69, 9.17) is 5.73 Å². The van der Waals surface area contributed by atoms with Crippen LogP contribution in [0.4, 0.5) is 10.7 Å². The fraction of sp³-hybridized carbons (Fsp3) is 0.583. The second-order valence-corrected chi connectivity index (χ2v) is 7.77. The SMILES string of the molecule is CCCNc1sc(C(=O)N(C)C)c(N)c1S(=O)(=O)CC. The van der Waals surface area contributed by atoms with Crippen molar-refractivity contribution in [3.05, 3.63) is 4.88 Å². The van der Waals surface area contributed by atoms with Crippen molar-refractivity contribution in [2.45, 2.75) is 25.2 Å². The van der Waals surface area contributed by atoms with Crippen molar-refractivity contribution >= 4 is 37.8 Å². The molecular formula is C12H21N3O3S2. The molecule has 0 spiro atoms. The molecule has 3 N–H and O–H groups in total. The maximum Gasteiger partial charge on any atom is 0.265 e. The molecule has 0 atom stereocenters. The first-order chi connectivity index (χ1) is 9.26. The predicted octanol–water partition coefficient (Wildman–Crippen LogP) is 1.65. The van der Waals surface area contributed by atoms with Crippen LogP contribution in [0, 0.1) is 0 Å². The quantitative estimate of drug-likeness (QED) is 0.831. The Morgan fingerprint density at radius 1 is 1.35 bits per heavy atom. The summed E-state index contributed by atoms with van der Waals surface area (Å²) in [6, 6.07) is 0. The van der Waals surface area contributed by atoms with Gasteiger partial charge in [-0.05, 0) is 6.42 Å². The van der Waals surface area contributed by atoms with E-state index in [2.05, 4.69) is 5.32 Å². The average Bonchev–Trinajstić information content (AvgIpc) is 2.72. The van der Waals surface area contributed by atoms with Crippen LogP contribution < -0.4 is 11.1 Å². The topological polar surface area (TPSA) is 92.5 Å². The molecule has 20 heavy (non-hydrogen) atoms. The second-order valence-electron chi connectivity index (χ2n) is 4.53. The van der Waals surface area contributed by atoms with Crippen LogP contribution in [0.25, 0.3) is 0 Å². The van der Waals surface area contributed by atoms with Crippen molar-refractivity contribution in [2.24, 2.45) is 0 Å². The number of rotatable bonds is 6. The Morgan fingerprint density at radius 2 is 1.95 bits per heavy atom. The molecule has 0 saturated heterocycles. The third kappa shape index (κ3) is 3.24. The number of thiophene rings is 1. The van der Waals surface area contributed by atoms with Crippen LogP contribution in [0.2, 0.25) is 0 Å². The maximum atomic E-state index is 12.2. The third-order valence-electron chi connectivity index (χ3n) is 2.73. The zero-order valence-electron chi connectivity index (χ0n) is 12.2. The van der Waals surface area contributed by atoms with Crippen LogP contribution in [-0.2, 0) is 9.84 Å². The monoisotopic (exact) mass is 319 g/mol. The fourth-order valence-corrected chi connectivity index (χ4v) is 4.31. The number of hydrogen-bond acceptors (Lipinski definition) is 6. The minimum Gasteiger partial charge on any atom is -0.396 e. The van der Waals surface area contributed by atoms with Gasteiger partial charge in [0.25, 0.3) is 5.91 Å². The first-order valence-electron chi connectivity index (χ1n) is 6.36. The smallest absolute Gasteiger partial charge is 0.265 e. The van der Waals surface area contributed by atoms with Crippen molar-refractivity contribution in [3.8, 4) is 0 Å². The van der Waals surface area contributed by atoms with Gasteiger partial charge in [-0.25, -0.2) is 8.42 Å². The highest BCUT2D eigenvalue weighted by atomic mass is 32.2. The number of nitrogen functional groups attached to an aromatic ring is 1. The lowest BCUT2D eigenvalue weighted by atomic mass is 10.3. The Labute approximate surface area is 123 Å². The Balaban J connectivity index is 3.43. The Morgan fingerprint density at radius 3 is 2.40 bits per heavy atom. The molecule has 0 saturated carbocycles. The largest absolute Gasteiger partial charge is 0.396 e. The number of amides is 1. The minimum atomic E-state index is -3.48. The van der Waals surface area contributed by atoms with Crippen LogP contribution in [0.15, 0.2) is 4.90 Å². The lowest BCUT2D eigenvalue weighted by molar-refractivity contribution is 0.0833. The van der Waals surface area contributed by atoms with Gasteiger partial charge in [0.1, 0.15) is 14.8 Å². The zero-order chi connectivity index (χ0) is 15.5. The third-order valence-corrected chi connectivity index (χ3v) is 5.81. The van der Waals surface area contributed by atoms with E-state index < -0.39 is 9.84 Å². The van der Waals surface area contributed by atoms with Gasteiger partial charge >= 0.3 is 0 Å². The first-order valence-corrected chi connectivity index (χ1v) is 8.83. The van der Waals surface area contributed by atoms with Gasteiger partial charge < -0.3 is 16.0 Å². The van der Waals surface area contributed by atoms with Crippen molar-refractivity contribution < 1.29 is 13.2 Å². The summed E-state index contributed by atoms with van der Waals surface area (Å²) in [6.45, 7) is 4.16. The van der Waals surface area contributed by atoms with Crippen molar-refractivity contribution in [3.63, 3.8) is 0 Å². The van der Waals surface area contributed by atoms with Gasteiger partial charge in [0.15, 0.2) is 9.84 Å². The summed E-state index contributed by atoms with van der Waals surface area (Å²) in [5.41, 5.74) is 5.97. The summed E-state index contributed by atoms with van der Waals surface area (Å²) in [7, 11) is -0.265. The molecule has 0 aliphatic carbocycles. The van der Waals surface area contributed by atoms with E-state index in [1.54, 1.807) is 21.0 Å². The van der Waals surface area contributed by atoms with E-state index in [0.717, 1.165) is 17.8 Å². The van der Waals surface area contributed by atoms with Crippen LogP contribution in [-0.4, -0.2) is 45.6 Å². The molecule has 1 aromatic heterocycles. The fourth-order valence-electron chi connectivity index (χ4n) is 1.60. The Hall–Kier alpha value is -1.28. The van der Waals surface area contributed by atoms with E-state index in [1.807, 2.05) is 6.92 Å². The second kappa shape index (κ2) is 6.45. The Kier molecular flexibility index (Phi) is 5.41. The number of nitrogens with one attached hydrogen (secondary N) is 1. The number of carbonyl (C=O) groups excluding carboxylic acids is 1. The molecule has 0 fully saturated rings. The highest BCUT2D eigenvalue weighted by Crippen LogP contribution is 2.40. The number of anilines is 2. The predicted molar refractivity (Wildman–Crippen MR) is 83.3 cm³/mol. The van der Waals surface area contributed by atoms with Crippen molar-refractivity contribution in [2.75, 3.05) is 37.4 Å². The molecule has 8 heteroatoms. The Bertz CT molecular complexity index is 591. The number of nitrogens with zero attached hydrogens (tertiary/aromatic N) is 1. The zero-order valence-corrected chi connectivity index (χ0v) is 13.8. The number of hydrogen-bond donors (Lipinski definition) is 2. The normalized spacial score (nSPS) is 11.4.